The highest BCUT2D eigenvalue weighted by Gasteiger charge is 2.37. The Morgan fingerprint density at radius 1 is 0.962 bits per heavy atom. The number of ether oxygens (including phenoxy) is 1. The van der Waals surface area contributed by atoms with Gasteiger partial charge in [-0.05, 0) is 86.1 Å². The van der Waals surface area contributed by atoms with Crippen molar-refractivity contribution in [3.05, 3.63) is 58.7 Å². The molecule has 280 valence electrons. The highest BCUT2D eigenvalue weighted by Crippen LogP contribution is 2.34. The van der Waals surface area contributed by atoms with Gasteiger partial charge in [-0.3, -0.25) is 9.48 Å². The third kappa shape index (κ3) is 7.87. The molecule has 3 fully saturated rings. The molecule has 0 aliphatic carbocycles. The van der Waals surface area contributed by atoms with Crippen LogP contribution in [0.2, 0.25) is 5.02 Å². The molecular formula is C36H47ClN8O6S. The molecule has 2 aromatic carbocycles. The number of carbonyl (C=O) groups is 3. The minimum atomic E-state index is -3.68. The van der Waals surface area contributed by atoms with Gasteiger partial charge in [0.05, 0.1) is 16.7 Å². The molecule has 3 N–H and O–H groups in total. The number of halogens is 1. The highest BCUT2D eigenvalue weighted by molar-refractivity contribution is 7.86. The maximum Gasteiger partial charge on any atom is 0.410 e. The number of fused-ring (bicyclic) bond motifs is 2. The average molecular weight is 755 g/mol. The Hall–Kier alpha value is -3.92. The van der Waals surface area contributed by atoms with Crippen molar-refractivity contribution in [1.82, 2.24) is 28.8 Å². The molecule has 0 unspecified atom stereocenters. The second kappa shape index (κ2) is 15.2. The third-order valence-corrected chi connectivity index (χ3v) is 12.8. The van der Waals surface area contributed by atoms with Crippen molar-refractivity contribution in [2.24, 2.45) is 24.0 Å². The van der Waals surface area contributed by atoms with Crippen LogP contribution in [0.1, 0.15) is 49.7 Å². The number of benzene rings is 2. The highest BCUT2D eigenvalue weighted by atomic mass is 35.5. The maximum atomic E-state index is 14.2. The van der Waals surface area contributed by atoms with Gasteiger partial charge in [-0.2, -0.15) is 17.8 Å². The SMILES string of the molecule is Cn1ncc2cc(C[C@@H](OC(=O)N3CCC(N4CCc5ccccc5NC4=O)CC3)C(=O)N3CCC(C4CCN(S(N)(=O)=O)CC4)CC3)cc(Cl)c21. The number of amides is 4. The summed E-state index contributed by atoms with van der Waals surface area (Å²) in [5.41, 5.74) is 3.49. The first-order chi connectivity index (χ1) is 24.9. The van der Waals surface area contributed by atoms with Gasteiger partial charge < -0.3 is 24.8 Å². The maximum absolute atomic E-state index is 14.2. The van der Waals surface area contributed by atoms with Crippen LogP contribution in [0.3, 0.4) is 0 Å². The number of para-hydroxylation sites is 1. The summed E-state index contributed by atoms with van der Waals surface area (Å²) in [5, 5.41) is 14.0. The number of nitrogens with two attached hydrogens (primary N) is 1. The Bertz CT molecular complexity index is 1920. The van der Waals surface area contributed by atoms with Crippen molar-refractivity contribution in [2.45, 2.75) is 63.5 Å². The Kier molecular flexibility index (Phi) is 10.7. The molecule has 3 aromatic rings. The molecule has 3 saturated heterocycles. The number of carbonyl (C=O) groups excluding carboxylic acids is 3. The smallest absolute Gasteiger partial charge is 0.410 e. The van der Waals surface area contributed by atoms with Crippen molar-refractivity contribution < 1.29 is 27.5 Å². The molecule has 0 bridgehead atoms. The van der Waals surface area contributed by atoms with Crippen molar-refractivity contribution in [3.63, 3.8) is 0 Å². The number of anilines is 1. The van der Waals surface area contributed by atoms with Crippen molar-refractivity contribution in [3.8, 4) is 0 Å². The number of nitrogens with one attached hydrogen (secondary N) is 1. The van der Waals surface area contributed by atoms with E-state index in [9.17, 15) is 22.8 Å². The first kappa shape index (κ1) is 36.4. The number of likely N-dealkylation sites (tertiary alicyclic amines) is 2. The molecule has 4 amide bonds. The molecule has 0 spiro atoms. The average Bonchev–Trinajstić information content (AvgIpc) is 3.43. The van der Waals surface area contributed by atoms with Crippen molar-refractivity contribution in [2.75, 3.05) is 51.1 Å². The number of aryl methyl sites for hydroxylation is 1. The second-order valence-electron chi connectivity index (χ2n) is 14.6. The minimum absolute atomic E-state index is 0.0163. The lowest BCUT2D eigenvalue weighted by atomic mass is 9.79. The number of aromatic nitrogens is 2. The lowest BCUT2D eigenvalue weighted by Crippen LogP contribution is -2.52. The number of hydrogen-bond acceptors (Lipinski definition) is 7. The molecule has 4 aliphatic heterocycles. The molecule has 16 heteroatoms. The van der Waals surface area contributed by atoms with E-state index in [1.165, 1.54) is 4.31 Å². The van der Waals surface area contributed by atoms with Crippen LogP contribution in [0.15, 0.2) is 42.6 Å². The molecule has 4 aliphatic rings. The fourth-order valence-electron chi connectivity index (χ4n) is 8.53. The van der Waals surface area contributed by atoms with Gasteiger partial charge in [0.15, 0.2) is 6.10 Å². The third-order valence-electron chi connectivity index (χ3n) is 11.5. The van der Waals surface area contributed by atoms with E-state index in [1.807, 2.05) is 42.3 Å². The van der Waals surface area contributed by atoms with Crippen LogP contribution >= 0.6 is 11.6 Å². The summed E-state index contributed by atoms with van der Waals surface area (Å²) in [5.74, 6) is 0.506. The van der Waals surface area contributed by atoms with Gasteiger partial charge in [-0.15, -0.1) is 0 Å². The van der Waals surface area contributed by atoms with E-state index in [0.29, 0.717) is 75.5 Å². The predicted molar refractivity (Wildman–Crippen MR) is 197 cm³/mol. The molecule has 1 aromatic heterocycles. The predicted octanol–water partition coefficient (Wildman–Crippen LogP) is 3.98. The van der Waals surface area contributed by atoms with Crippen LogP contribution in [0.4, 0.5) is 15.3 Å². The number of hydrogen-bond donors (Lipinski definition) is 2. The Balaban J connectivity index is 0.996. The summed E-state index contributed by atoms with van der Waals surface area (Å²) in [7, 11) is -1.87. The van der Waals surface area contributed by atoms with Crippen LogP contribution in [0.25, 0.3) is 10.9 Å². The van der Waals surface area contributed by atoms with E-state index in [4.69, 9.17) is 21.5 Å². The first-order valence-corrected chi connectivity index (χ1v) is 20.1. The van der Waals surface area contributed by atoms with Gasteiger partial charge in [0, 0.05) is 76.4 Å². The molecule has 1 atom stereocenters. The number of piperidine rings is 3. The van der Waals surface area contributed by atoms with Crippen LogP contribution in [0, 0.1) is 11.8 Å². The summed E-state index contributed by atoms with van der Waals surface area (Å²) in [6.07, 6.45) is 5.33. The van der Waals surface area contributed by atoms with Gasteiger partial charge in [0.1, 0.15) is 0 Å². The normalized spacial score (nSPS) is 20.8. The summed E-state index contributed by atoms with van der Waals surface area (Å²) < 4.78 is 32.7. The first-order valence-electron chi connectivity index (χ1n) is 18.2. The van der Waals surface area contributed by atoms with Gasteiger partial charge in [0.25, 0.3) is 16.1 Å². The topological polar surface area (TPSA) is 163 Å². The van der Waals surface area contributed by atoms with E-state index in [-0.39, 0.29) is 24.4 Å². The van der Waals surface area contributed by atoms with E-state index >= 15 is 0 Å². The number of rotatable bonds is 7. The molecule has 14 nitrogen and oxygen atoms in total. The molecule has 52 heavy (non-hydrogen) atoms. The van der Waals surface area contributed by atoms with E-state index in [1.54, 1.807) is 26.7 Å². The Morgan fingerprint density at radius 3 is 2.31 bits per heavy atom. The summed E-state index contributed by atoms with van der Waals surface area (Å²) in [6, 6.07) is 11.4. The zero-order chi connectivity index (χ0) is 36.6. The molecule has 5 heterocycles. The van der Waals surface area contributed by atoms with Gasteiger partial charge >= 0.3 is 12.1 Å². The molecule has 0 saturated carbocycles. The minimum Gasteiger partial charge on any atom is -0.436 e. The van der Waals surface area contributed by atoms with Crippen molar-refractivity contribution >= 4 is 56.4 Å². The van der Waals surface area contributed by atoms with Crippen LogP contribution < -0.4 is 10.5 Å². The lowest BCUT2D eigenvalue weighted by Gasteiger charge is -2.40. The monoisotopic (exact) mass is 754 g/mol. The van der Waals surface area contributed by atoms with Crippen LogP contribution in [0.5, 0.6) is 0 Å². The summed E-state index contributed by atoms with van der Waals surface area (Å²) in [6.45, 7) is 3.31. The molecule has 7 rings (SSSR count). The largest absolute Gasteiger partial charge is 0.436 e. The summed E-state index contributed by atoms with van der Waals surface area (Å²) in [4.78, 5) is 46.3. The summed E-state index contributed by atoms with van der Waals surface area (Å²) >= 11 is 6.65. The van der Waals surface area contributed by atoms with E-state index < -0.39 is 22.4 Å². The van der Waals surface area contributed by atoms with Crippen LogP contribution in [-0.2, 0) is 39.6 Å². The van der Waals surface area contributed by atoms with Gasteiger partial charge in [-0.1, -0.05) is 29.8 Å². The number of nitrogens with zero attached hydrogens (tertiary/aromatic N) is 6. The quantitative estimate of drug-likeness (QED) is 0.369. The van der Waals surface area contributed by atoms with E-state index in [0.717, 1.165) is 59.8 Å². The van der Waals surface area contributed by atoms with Gasteiger partial charge in [-0.25, -0.2) is 14.7 Å². The van der Waals surface area contributed by atoms with E-state index in [2.05, 4.69) is 10.4 Å². The van der Waals surface area contributed by atoms with Crippen LogP contribution in [-0.4, -0.2) is 113 Å². The van der Waals surface area contributed by atoms with Gasteiger partial charge in [0.2, 0.25) is 0 Å². The van der Waals surface area contributed by atoms with Crippen molar-refractivity contribution in [1.29, 1.82) is 0 Å². The lowest BCUT2D eigenvalue weighted by molar-refractivity contribution is -0.142. The standard InChI is InChI=1S/C36H47ClN8O6S/c1-41-33-28(23-39-41)20-24(21-30(33)37)22-32(34(46)42-13-6-25(7-14-42)26-8-17-44(18-9-26)52(38,49)50)51-36(48)43-15-11-29(12-16-43)45-19-10-27-4-2-3-5-31(27)40-35(45)47/h2-5,20-21,23,25-26,29,32H,6-19,22H2,1H3,(H,40,47)(H2,38,49,50)/t32-/m1/s1. The fourth-order valence-corrected chi connectivity index (χ4v) is 9.62. The Morgan fingerprint density at radius 2 is 1.62 bits per heavy atom. The number of urea groups is 1. The molecular weight excluding hydrogens is 708 g/mol. The zero-order valence-corrected chi connectivity index (χ0v) is 31.0. The molecule has 0 radical (unpaired) electrons. The zero-order valence-electron chi connectivity index (χ0n) is 29.5. The Labute approximate surface area is 309 Å². The second-order valence-corrected chi connectivity index (χ2v) is 16.5. The fraction of sp³-hybridized carbons (Fsp3) is 0.556.